The highest BCUT2D eigenvalue weighted by atomic mass is 19.1. The lowest BCUT2D eigenvalue weighted by Gasteiger charge is -2.13. The number of hydrogen-bond acceptors (Lipinski definition) is 3. The molecule has 0 radical (unpaired) electrons. The molecule has 1 aromatic carbocycles. The van der Waals surface area contributed by atoms with Crippen molar-refractivity contribution < 1.29 is 14.3 Å². The lowest BCUT2D eigenvalue weighted by molar-refractivity contribution is 0.0933. The van der Waals surface area contributed by atoms with Crippen LogP contribution in [-0.4, -0.2) is 33.4 Å². The molecule has 1 aliphatic carbocycles. The molecule has 3 rings (SSSR count). The smallest absolute Gasteiger partial charge is 0.272 e. The van der Waals surface area contributed by atoms with E-state index < -0.39 is 6.10 Å². The average Bonchev–Trinajstić information content (AvgIpc) is 3.15. The van der Waals surface area contributed by atoms with Crippen molar-refractivity contribution in [3.05, 3.63) is 47.0 Å². The number of aliphatic hydroxyl groups excluding tert-OH is 1. The summed E-state index contributed by atoms with van der Waals surface area (Å²) < 4.78 is 15.7. The number of aliphatic hydroxyl groups is 1. The molecule has 0 spiro atoms. The van der Waals surface area contributed by atoms with Gasteiger partial charge in [0.1, 0.15) is 11.5 Å². The molecule has 134 valence electrons. The number of para-hydroxylation sites is 1. The molecule has 6 heteroatoms. The number of amides is 1. The minimum atomic E-state index is -0.392. The van der Waals surface area contributed by atoms with Crippen molar-refractivity contribution in [2.45, 2.75) is 45.6 Å². The predicted octanol–water partition coefficient (Wildman–Crippen LogP) is 2.64. The number of hydrogen-bond donors (Lipinski definition) is 2. The van der Waals surface area contributed by atoms with Gasteiger partial charge in [-0.2, -0.15) is 5.10 Å². The van der Waals surface area contributed by atoms with Crippen LogP contribution in [-0.2, 0) is 12.8 Å². The predicted molar refractivity (Wildman–Crippen MR) is 93.3 cm³/mol. The van der Waals surface area contributed by atoms with Crippen LogP contribution in [0.4, 0.5) is 4.39 Å². The molecule has 0 saturated heterocycles. The Kier molecular flexibility index (Phi) is 5.18. The average molecular weight is 345 g/mol. The van der Waals surface area contributed by atoms with Crippen LogP contribution in [0.15, 0.2) is 24.3 Å². The van der Waals surface area contributed by atoms with Crippen molar-refractivity contribution in [3.63, 3.8) is 0 Å². The zero-order valence-corrected chi connectivity index (χ0v) is 14.6. The van der Waals surface area contributed by atoms with Crippen LogP contribution in [0.2, 0.25) is 0 Å². The number of rotatable bonds is 6. The van der Waals surface area contributed by atoms with Crippen LogP contribution < -0.4 is 5.32 Å². The second-order valence-corrected chi connectivity index (χ2v) is 6.89. The van der Waals surface area contributed by atoms with Gasteiger partial charge in [-0.1, -0.05) is 19.1 Å². The quantitative estimate of drug-likeness (QED) is 0.846. The summed E-state index contributed by atoms with van der Waals surface area (Å²) in [4.78, 5) is 12.6. The first-order valence-electron chi connectivity index (χ1n) is 8.79. The molecule has 2 N–H and O–H groups in total. The third-order valence-corrected chi connectivity index (χ3v) is 4.58. The SMILES string of the molecule is CC(O)CC(C)CNC(=O)c1nn(-c2ccccc2F)c2c1CCC2. The Morgan fingerprint density at radius 3 is 2.84 bits per heavy atom. The number of halogens is 1. The van der Waals surface area contributed by atoms with Crippen molar-refractivity contribution in [2.75, 3.05) is 6.54 Å². The van der Waals surface area contributed by atoms with Gasteiger partial charge in [0.25, 0.3) is 5.91 Å². The van der Waals surface area contributed by atoms with E-state index in [2.05, 4.69) is 10.4 Å². The molecule has 1 heterocycles. The number of fused-ring (bicyclic) bond motifs is 1. The summed E-state index contributed by atoms with van der Waals surface area (Å²) in [5.74, 6) is -0.409. The second kappa shape index (κ2) is 7.35. The van der Waals surface area contributed by atoms with Crippen LogP contribution in [0, 0.1) is 11.7 Å². The van der Waals surface area contributed by atoms with Crippen molar-refractivity contribution >= 4 is 5.91 Å². The number of benzene rings is 1. The van der Waals surface area contributed by atoms with Gasteiger partial charge in [0.05, 0.1) is 6.10 Å². The van der Waals surface area contributed by atoms with Crippen molar-refractivity contribution in [3.8, 4) is 5.69 Å². The monoisotopic (exact) mass is 345 g/mol. The fourth-order valence-electron chi connectivity index (χ4n) is 3.46. The molecule has 1 aliphatic rings. The van der Waals surface area contributed by atoms with Gasteiger partial charge in [-0.3, -0.25) is 4.79 Å². The van der Waals surface area contributed by atoms with Crippen molar-refractivity contribution in [1.29, 1.82) is 0 Å². The van der Waals surface area contributed by atoms with Gasteiger partial charge in [-0.25, -0.2) is 9.07 Å². The number of carbonyl (C=O) groups excluding carboxylic acids is 1. The van der Waals surface area contributed by atoms with Gasteiger partial charge >= 0.3 is 0 Å². The Bertz CT molecular complexity index is 770. The van der Waals surface area contributed by atoms with Crippen LogP contribution in [0.3, 0.4) is 0 Å². The molecule has 0 fully saturated rings. The van der Waals surface area contributed by atoms with E-state index in [-0.39, 0.29) is 17.6 Å². The largest absolute Gasteiger partial charge is 0.393 e. The van der Waals surface area contributed by atoms with E-state index in [9.17, 15) is 14.3 Å². The molecule has 0 saturated carbocycles. The molecular weight excluding hydrogens is 321 g/mol. The highest BCUT2D eigenvalue weighted by Gasteiger charge is 2.27. The molecule has 1 aromatic heterocycles. The molecule has 5 nitrogen and oxygen atoms in total. The van der Waals surface area contributed by atoms with Crippen molar-refractivity contribution in [2.24, 2.45) is 5.92 Å². The highest BCUT2D eigenvalue weighted by Crippen LogP contribution is 2.28. The van der Waals surface area contributed by atoms with E-state index in [4.69, 9.17) is 0 Å². The number of aromatic nitrogens is 2. The Hall–Kier alpha value is -2.21. The van der Waals surface area contributed by atoms with E-state index in [1.807, 2.05) is 6.92 Å². The van der Waals surface area contributed by atoms with Gasteiger partial charge in [0, 0.05) is 17.8 Å². The number of nitrogens with zero attached hydrogens (tertiary/aromatic N) is 2. The maximum Gasteiger partial charge on any atom is 0.272 e. The molecule has 0 aliphatic heterocycles. The van der Waals surface area contributed by atoms with Gasteiger partial charge in [-0.15, -0.1) is 0 Å². The van der Waals surface area contributed by atoms with Gasteiger partial charge in [0.2, 0.25) is 0 Å². The summed E-state index contributed by atoms with van der Waals surface area (Å²) in [5, 5.41) is 16.7. The maximum atomic E-state index is 14.1. The Labute approximate surface area is 146 Å². The summed E-state index contributed by atoms with van der Waals surface area (Å²) in [6, 6.07) is 6.47. The first-order chi connectivity index (χ1) is 12.0. The first kappa shape index (κ1) is 17.6. The van der Waals surface area contributed by atoms with Gasteiger partial charge in [0.15, 0.2) is 5.69 Å². The fourth-order valence-corrected chi connectivity index (χ4v) is 3.46. The Balaban J connectivity index is 1.82. The van der Waals surface area contributed by atoms with Crippen LogP contribution in [0.5, 0.6) is 0 Å². The fraction of sp³-hybridized carbons (Fsp3) is 0.474. The zero-order chi connectivity index (χ0) is 18.0. The second-order valence-electron chi connectivity index (χ2n) is 6.89. The molecule has 2 atom stereocenters. The molecular formula is C19H24FN3O2. The van der Waals surface area contributed by atoms with E-state index in [1.165, 1.54) is 6.07 Å². The van der Waals surface area contributed by atoms with Gasteiger partial charge < -0.3 is 10.4 Å². The summed E-state index contributed by atoms with van der Waals surface area (Å²) >= 11 is 0. The third-order valence-electron chi connectivity index (χ3n) is 4.58. The van der Waals surface area contributed by atoms with E-state index in [0.29, 0.717) is 24.3 Å². The van der Waals surface area contributed by atoms with Crippen LogP contribution >= 0.6 is 0 Å². The molecule has 2 aromatic rings. The Morgan fingerprint density at radius 1 is 1.36 bits per heavy atom. The van der Waals surface area contributed by atoms with Crippen LogP contribution in [0.1, 0.15) is 48.4 Å². The minimum absolute atomic E-state index is 0.172. The number of nitrogens with one attached hydrogen (secondary N) is 1. The van der Waals surface area contributed by atoms with E-state index in [1.54, 1.807) is 29.8 Å². The van der Waals surface area contributed by atoms with Crippen LogP contribution in [0.25, 0.3) is 5.69 Å². The zero-order valence-electron chi connectivity index (χ0n) is 14.6. The Morgan fingerprint density at radius 2 is 2.12 bits per heavy atom. The topological polar surface area (TPSA) is 67.2 Å². The lowest BCUT2D eigenvalue weighted by Crippen LogP contribution is -2.30. The van der Waals surface area contributed by atoms with E-state index >= 15 is 0 Å². The maximum absolute atomic E-state index is 14.1. The molecule has 1 amide bonds. The summed E-state index contributed by atoms with van der Waals surface area (Å²) in [5.41, 5.74) is 2.61. The lowest BCUT2D eigenvalue weighted by atomic mass is 10.0. The van der Waals surface area contributed by atoms with Crippen molar-refractivity contribution in [1.82, 2.24) is 15.1 Å². The number of carbonyl (C=O) groups is 1. The third kappa shape index (κ3) is 3.74. The van der Waals surface area contributed by atoms with E-state index in [0.717, 1.165) is 30.5 Å². The molecule has 25 heavy (non-hydrogen) atoms. The minimum Gasteiger partial charge on any atom is -0.393 e. The van der Waals surface area contributed by atoms with Gasteiger partial charge in [-0.05, 0) is 50.7 Å². The summed E-state index contributed by atoms with van der Waals surface area (Å²) in [6.07, 6.45) is 2.76. The normalized spacial score (nSPS) is 15.7. The molecule has 0 bridgehead atoms. The highest BCUT2D eigenvalue weighted by molar-refractivity contribution is 5.94. The molecule has 2 unspecified atom stereocenters. The first-order valence-corrected chi connectivity index (χ1v) is 8.79. The summed E-state index contributed by atoms with van der Waals surface area (Å²) in [7, 11) is 0. The standard InChI is InChI=1S/C19H24FN3O2/c1-12(10-13(2)24)11-21-19(25)18-14-6-5-9-16(14)23(22-18)17-8-4-3-7-15(17)20/h3-4,7-8,12-13,24H,5-6,9-11H2,1-2H3,(H,21,25). The summed E-state index contributed by atoms with van der Waals surface area (Å²) in [6.45, 7) is 4.20.